The lowest BCUT2D eigenvalue weighted by Crippen LogP contribution is -2.11. The maximum atomic E-state index is 5.76. The molecule has 0 aromatic heterocycles. The van der Waals surface area contributed by atoms with Crippen molar-refractivity contribution in [2.45, 2.75) is 6.92 Å². The first-order valence-corrected chi connectivity index (χ1v) is 7.62. The van der Waals surface area contributed by atoms with Crippen LogP contribution >= 0.6 is 31.9 Å². The Labute approximate surface area is 130 Å². The number of ether oxygens (including phenoxy) is 1. The molecule has 100 valence electrons. The zero-order chi connectivity index (χ0) is 13.7. The molecule has 19 heavy (non-hydrogen) atoms. The Balaban J connectivity index is 1.80. The van der Waals surface area contributed by atoms with Gasteiger partial charge in [-0.15, -0.1) is 0 Å². The summed E-state index contributed by atoms with van der Waals surface area (Å²) in [5, 5.41) is 3.32. The van der Waals surface area contributed by atoms with E-state index >= 15 is 0 Å². The molecule has 0 atom stereocenters. The minimum absolute atomic E-state index is 0.632. The van der Waals surface area contributed by atoms with E-state index in [9.17, 15) is 0 Å². The van der Waals surface area contributed by atoms with E-state index in [4.69, 9.17) is 4.74 Å². The molecule has 0 fully saturated rings. The van der Waals surface area contributed by atoms with E-state index in [1.807, 2.05) is 49.4 Å². The number of nitrogens with one attached hydrogen (secondary N) is 1. The smallest absolute Gasteiger partial charge is 0.123 e. The molecule has 0 aliphatic heterocycles. The standard InChI is InChI=1S/C15H15Br2NO/c1-11-2-3-13(17)10-15(11)19-9-8-18-14-6-4-12(16)5-7-14/h2-7,10,18H,8-9H2,1H3. The molecule has 1 N–H and O–H groups in total. The first-order valence-electron chi connectivity index (χ1n) is 6.03. The van der Waals surface area contributed by atoms with E-state index in [1.54, 1.807) is 0 Å². The van der Waals surface area contributed by atoms with Crippen LogP contribution in [-0.2, 0) is 0 Å². The van der Waals surface area contributed by atoms with Gasteiger partial charge in [0.25, 0.3) is 0 Å². The summed E-state index contributed by atoms with van der Waals surface area (Å²) in [6, 6.07) is 14.2. The van der Waals surface area contributed by atoms with Gasteiger partial charge in [-0.2, -0.15) is 0 Å². The molecule has 0 radical (unpaired) electrons. The first kappa shape index (κ1) is 14.4. The van der Waals surface area contributed by atoms with Crippen LogP contribution in [0, 0.1) is 6.92 Å². The van der Waals surface area contributed by atoms with Crippen molar-refractivity contribution in [3.8, 4) is 5.75 Å². The van der Waals surface area contributed by atoms with Crippen molar-refractivity contribution >= 4 is 37.5 Å². The van der Waals surface area contributed by atoms with Crippen molar-refractivity contribution in [1.82, 2.24) is 0 Å². The van der Waals surface area contributed by atoms with E-state index in [2.05, 4.69) is 37.2 Å². The highest BCUT2D eigenvalue weighted by Crippen LogP contribution is 2.22. The molecule has 0 saturated carbocycles. The van der Waals surface area contributed by atoms with Crippen LogP contribution in [0.1, 0.15) is 5.56 Å². The molecule has 0 bridgehead atoms. The lowest BCUT2D eigenvalue weighted by Gasteiger charge is -2.11. The summed E-state index contributed by atoms with van der Waals surface area (Å²) in [6.45, 7) is 3.45. The van der Waals surface area contributed by atoms with Gasteiger partial charge >= 0.3 is 0 Å². The van der Waals surface area contributed by atoms with Crippen LogP contribution in [0.5, 0.6) is 5.75 Å². The fourth-order valence-electron chi connectivity index (χ4n) is 1.65. The molecular formula is C15H15Br2NO. The van der Waals surface area contributed by atoms with E-state index in [0.29, 0.717) is 6.61 Å². The van der Waals surface area contributed by atoms with E-state index < -0.39 is 0 Å². The van der Waals surface area contributed by atoms with Gasteiger partial charge in [-0.25, -0.2) is 0 Å². The van der Waals surface area contributed by atoms with Gasteiger partial charge in [0.1, 0.15) is 12.4 Å². The zero-order valence-electron chi connectivity index (χ0n) is 10.6. The molecule has 2 rings (SSSR count). The quantitative estimate of drug-likeness (QED) is 0.731. The van der Waals surface area contributed by atoms with Crippen molar-refractivity contribution in [2.24, 2.45) is 0 Å². The summed E-state index contributed by atoms with van der Waals surface area (Å²) in [5.41, 5.74) is 2.24. The molecular weight excluding hydrogens is 370 g/mol. The van der Waals surface area contributed by atoms with Crippen LogP contribution in [0.2, 0.25) is 0 Å². The maximum absolute atomic E-state index is 5.76. The van der Waals surface area contributed by atoms with Crippen molar-refractivity contribution in [1.29, 1.82) is 0 Å². The molecule has 4 heteroatoms. The number of benzene rings is 2. The molecule has 2 aromatic rings. The fraction of sp³-hybridized carbons (Fsp3) is 0.200. The minimum atomic E-state index is 0.632. The number of rotatable bonds is 5. The second kappa shape index (κ2) is 6.96. The van der Waals surface area contributed by atoms with Crippen molar-refractivity contribution in [2.75, 3.05) is 18.5 Å². The summed E-state index contributed by atoms with van der Waals surface area (Å²) in [6.07, 6.45) is 0. The Kier molecular flexibility index (Phi) is 5.28. The Hall–Kier alpha value is -1.000. The molecule has 0 saturated heterocycles. The van der Waals surface area contributed by atoms with Crippen LogP contribution < -0.4 is 10.1 Å². The molecule has 0 unspecified atom stereocenters. The molecule has 2 nitrogen and oxygen atoms in total. The Morgan fingerprint density at radius 2 is 1.68 bits per heavy atom. The van der Waals surface area contributed by atoms with Crippen molar-refractivity contribution in [3.05, 3.63) is 57.0 Å². The van der Waals surface area contributed by atoms with Gasteiger partial charge in [-0.1, -0.05) is 37.9 Å². The van der Waals surface area contributed by atoms with Gasteiger partial charge in [0.05, 0.1) is 0 Å². The van der Waals surface area contributed by atoms with Crippen LogP contribution in [0.25, 0.3) is 0 Å². The van der Waals surface area contributed by atoms with Crippen LogP contribution in [0.4, 0.5) is 5.69 Å². The third kappa shape index (κ3) is 4.55. The van der Waals surface area contributed by atoms with E-state index in [1.165, 1.54) is 0 Å². The lowest BCUT2D eigenvalue weighted by molar-refractivity contribution is 0.330. The van der Waals surface area contributed by atoms with E-state index in [0.717, 1.165) is 32.5 Å². The third-order valence-corrected chi connectivity index (χ3v) is 3.71. The Morgan fingerprint density at radius 1 is 1.00 bits per heavy atom. The number of anilines is 1. The van der Waals surface area contributed by atoms with Gasteiger partial charge in [0, 0.05) is 21.2 Å². The largest absolute Gasteiger partial charge is 0.491 e. The summed E-state index contributed by atoms with van der Waals surface area (Å²) >= 11 is 6.86. The number of halogens is 2. The predicted molar refractivity (Wildman–Crippen MR) is 87.0 cm³/mol. The summed E-state index contributed by atoms with van der Waals surface area (Å²) in [4.78, 5) is 0. The molecule has 2 aromatic carbocycles. The predicted octanol–water partition coefficient (Wildman–Crippen LogP) is 5.01. The SMILES string of the molecule is Cc1ccc(Br)cc1OCCNc1ccc(Br)cc1. The normalized spacial score (nSPS) is 10.3. The van der Waals surface area contributed by atoms with Gasteiger partial charge < -0.3 is 10.1 Å². The minimum Gasteiger partial charge on any atom is -0.491 e. The van der Waals surface area contributed by atoms with Crippen LogP contribution in [-0.4, -0.2) is 13.2 Å². The fourth-order valence-corrected chi connectivity index (χ4v) is 2.26. The van der Waals surface area contributed by atoms with Gasteiger partial charge in [0.2, 0.25) is 0 Å². The third-order valence-electron chi connectivity index (χ3n) is 2.68. The van der Waals surface area contributed by atoms with Crippen molar-refractivity contribution < 1.29 is 4.74 Å². The molecule has 0 heterocycles. The number of hydrogen-bond donors (Lipinski definition) is 1. The van der Waals surface area contributed by atoms with Gasteiger partial charge in [-0.05, 0) is 48.9 Å². The van der Waals surface area contributed by atoms with Gasteiger partial charge in [0.15, 0.2) is 0 Å². The molecule has 0 spiro atoms. The second-order valence-electron chi connectivity index (χ2n) is 4.19. The average Bonchev–Trinajstić information content (AvgIpc) is 2.40. The lowest BCUT2D eigenvalue weighted by atomic mass is 10.2. The Bertz CT molecular complexity index is 540. The highest BCUT2D eigenvalue weighted by Gasteiger charge is 2.00. The van der Waals surface area contributed by atoms with E-state index in [-0.39, 0.29) is 0 Å². The molecule has 0 amide bonds. The Morgan fingerprint density at radius 3 is 2.42 bits per heavy atom. The summed E-state index contributed by atoms with van der Waals surface area (Å²) in [7, 11) is 0. The number of hydrogen-bond acceptors (Lipinski definition) is 2. The zero-order valence-corrected chi connectivity index (χ0v) is 13.8. The second-order valence-corrected chi connectivity index (χ2v) is 6.02. The molecule has 0 aliphatic rings. The highest BCUT2D eigenvalue weighted by molar-refractivity contribution is 9.10. The monoisotopic (exact) mass is 383 g/mol. The topological polar surface area (TPSA) is 21.3 Å². The maximum Gasteiger partial charge on any atom is 0.123 e. The number of aryl methyl sites for hydroxylation is 1. The van der Waals surface area contributed by atoms with Gasteiger partial charge in [-0.3, -0.25) is 0 Å². The highest BCUT2D eigenvalue weighted by atomic mass is 79.9. The van der Waals surface area contributed by atoms with Crippen LogP contribution in [0.3, 0.4) is 0 Å². The van der Waals surface area contributed by atoms with Crippen molar-refractivity contribution in [3.63, 3.8) is 0 Å². The first-order chi connectivity index (χ1) is 9.15. The summed E-state index contributed by atoms with van der Waals surface area (Å²) in [5.74, 6) is 0.923. The summed E-state index contributed by atoms with van der Waals surface area (Å²) < 4.78 is 7.88. The van der Waals surface area contributed by atoms with Crippen LogP contribution in [0.15, 0.2) is 51.4 Å². The molecule has 0 aliphatic carbocycles. The average molecular weight is 385 g/mol.